The maximum atomic E-state index is 12.1. The molecule has 2 rings (SSSR count). The van der Waals surface area contributed by atoms with E-state index in [0.29, 0.717) is 24.1 Å². The van der Waals surface area contributed by atoms with Crippen molar-refractivity contribution in [2.24, 2.45) is 0 Å². The molecule has 0 aromatic heterocycles. The zero-order valence-electron chi connectivity index (χ0n) is 12.3. The van der Waals surface area contributed by atoms with E-state index in [1.807, 2.05) is 19.0 Å². The van der Waals surface area contributed by atoms with Crippen LogP contribution >= 0.6 is 0 Å². The van der Waals surface area contributed by atoms with E-state index in [1.165, 1.54) is 0 Å². The maximum Gasteiger partial charge on any atom is 0.251 e. The third-order valence-corrected chi connectivity index (χ3v) is 6.00. The molecule has 1 heterocycles. The highest BCUT2D eigenvalue weighted by Gasteiger charge is 2.31. The lowest BCUT2D eigenvalue weighted by atomic mass is 10.1. The molecule has 1 aromatic rings. The van der Waals surface area contributed by atoms with Crippen LogP contribution in [0.3, 0.4) is 0 Å². The van der Waals surface area contributed by atoms with Crippen LogP contribution in [0, 0.1) is 0 Å². The Morgan fingerprint density at radius 3 is 2.67 bits per heavy atom. The highest BCUT2D eigenvalue weighted by atomic mass is 32.2. The normalized spacial score (nSPS) is 20.2. The summed E-state index contributed by atoms with van der Waals surface area (Å²) in [4.78, 5) is 13.9. The fraction of sp³-hybridized carbons (Fsp3) is 0.500. The Labute approximate surface area is 125 Å². The van der Waals surface area contributed by atoms with Crippen LogP contribution in [0.15, 0.2) is 18.2 Å². The molecule has 1 aliphatic rings. The van der Waals surface area contributed by atoms with Gasteiger partial charge in [-0.15, -0.1) is 0 Å². The summed E-state index contributed by atoms with van der Waals surface area (Å²) in [7, 11) is 0.706. The van der Waals surface area contributed by atoms with Crippen molar-refractivity contribution in [2.45, 2.75) is 18.1 Å². The number of hydrogen-bond acceptors (Lipinski definition) is 5. The molecule has 0 bridgehead atoms. The minimum absolute atomic E-state index is 0.163. The molecule has 1 fully saturated rings. The van der Waals surface area contributed by atoms with Crippen molar-refractivity contribution >= 4 is 27.1 Å². The molecule has 0 spiro atoms. The number of carbonyl (C=O) groups is 1. The first-order valence-electron chi connectivity index (χ1n) is 6.88. The van der Waals surface area contributed by atoms with Gasteiger partial charge in [-0.1, -0.05) is 0 Å². The van der Waals surface area contributed by atoms with Gasteiger partial charge in [0.15, 0.2) is 9.84 Å². The topological polar surface area (TPSA) is 92.5 Å². The summed E-state index contributed by atoms with van der Waals surface area (Å²) in [6.45, 7) is 0.163. The number of nitrogen functional groups attached to an aromatic ring is 1. The fourth-order valence-corrected chi connectivity index (χ4v) is 4.26. The summed E-state index contributed by atoms with van der Waals surface area (Å²) in [5.41, 5.74) is 7.70. The van der Waals surface area contributed by atoms with E-state index in [9.17, 15) is 13.2 Å². The van der Waals surface area contributed by atoms with Crippen LogP contribution in [-0.4, -0.2) is 46.0 Å². The highest BCUT2D eigenvalue weighted by Crippen LogP contribution is 2.23. The lowest BCUT2D eigenvalue weighted by Crippen LogP contribution is -2.34. The largest absolute Gasteiger partial charge is 0.397 e. The predicted octanol–water partition coefficient (Wildman–Crippen LogP) is 0.642. The molecule has 116 valence electrons. The van der Waals surface area contributed by atoms with Gasteiger partial charge in [0.25, 0.3) is 5.91 Å². The van der Waals surface area contributed by atoms with Gasteiger partial charge in [0.2, 0.25) is 0 Å². The van der Waals surface area contributed by atoms with E-state index in [0.717, 1.165) is 5.69 Å². The SMILES string of the molecule is CN(C)c1ccc(C(=O)NCC2CCCS2(=O)=O)cc1N. The summed E-state index contributed by atoms with van der Waals surface area (Å²) < 4.78 is 23.4. The molecule has 7 heteroatoms. The van der Waals surface area contributed by atoms with Crippen molar-refractivity contribution in [3.8, 4) is 0 Å². The molecule has 3 N–H and O–H groups in total. The van der Waals surface area contributed by atoms with Gasteiger partial charge in [-0.05, 0) is 31.0 Å². The average molecular weight is 311 g/mol. The minimum Gasteiger partial charge on any atom is -0.397 e. The Morgan fingerprint density at radius 2 is 2.14 bits per heavy atom. The predicted molar refractivity (Wildman–Crippen MR) is 84.3 cm³/mol. The van der Waals surface area contributed by atoms with Crippen molar-refractivity contribution in [2.75, 3.05) is 37.0 Å². The van der Waals surface area contributed by atoms with Crippen LogP contribution < -0.4 is 16.0 Å². The zero-order chi connectivity index (χ0) is 15.6. The third-order valence-electron chi connectivity index (χ3n) is 3.72. The highest BCUT2D eigenvalue weighted by molar-refractivity contribution is 7.92. The Balaban J connectivity index is 2.02. The lowest BCUT2D eigenvalue weighted by molar-refractivity contribution is 0.0953. The van der Waals surface area contributed by atoms with Gasteiger partial charge in [0, 0.05) is 26.2 Å². The molecule has 1 amide bonds. The molecule has 0 saturated carbocycles. The van der Waals surface area contributed by atoms with Gasteiger partial charge in [-0.25, -0.2) is 8.42 Å². The van der Waals surface area contributed by atoms with E-state index >= 15 is 0 Å². The van der Waals surface area contributed by atoms with Gasteiger partial charge < -0.3 is 16.0 Å². The van der Waals surface area contributed by atoms with Crippen LogP contribution in [-0.2, 0) is 9.84 Å². The summed E-state index contributed by atoms with van der Waals surface area (Å²) in [5, 5.41) is 2.23. The Hall–Kier alpha value is -1.76. The molecule has 1 atom stereocenters. The summed E-state index contributed by atoms with van der Waals surface area (Å²) in [6, 6.07) is 5.06. The molecule has 1 saturated heterocycles. The second-order valence-electron chi connectivity index (χ2n) is 5.51. The van der Waals surface area contributed by atoms with Crippen LogP contribution in [0.1, 0.15) is 23.2 Å². The van der Waals surface area contributed by atoms with Crippen LogP contribution in [0.25, 0.3) is 0 Å². The number of carbonyl (C=O) groups excluding carboxylic acids is 1. The first-order chi connectivity index (χ1) is 9.81. The van der Waals surface area contributed by atoms with Crippen LogP contribution in [0.4, 0.5) is 11.4 Å². The summed E-state index contributed by atoms with van der Waals surface area (Å²) in [6.07, 6.45) is 1.29. The number of nitrogens with two attached hydrogens (primary N) is 1. The number of nitrogens with one attached hydrogen (secondary N) is 1. The average Bonchev–Trinajstić information content (AvgIpc) is 2.74. The molecular weight excluding hydrogens is 290 g/mol. The summed E-state index contributed by atoms with van der Waals surface area (Å²) in [5.74, 6) is -0.0769. The smallest absolute Gasteiger partial charge is 0.251 e. The number of benzene rings is 1. The zero-order valence-corrected chi connectivity index (χ0v) is 13.1. The third kappa shape index (κ3) is 3.47. The Kier molecular flexibility index (Phi) is 4.41. The Morgan fingerprint density at radius 1 is 1.43 bits per heavy atom. The molecule has 21 heavy (non-hydrogen) atoms. The molecule has 1 unspecified atom stereocenters. The number of rotatable bonds is 4. The van der Waals surface area contributed by atoms with Crippen molar-refractivity contribution in [3.05, 3.63) is 23.8 Å². The number of sulfone groups is 1. The van der Waals surface area contributed by atoms with Gasteiger partial charge in [0.1, 0.15) is 0 Å². The molecule has 0 radical (unpaired) electrons. The molecule has 1 aliphatic heterocycles. The number of nitrogens with zero attached hydrogens (tertiary/aromatic N) is 1. The van der Waals surface area contributed by atoms with Crippen molar-refractivity contribution in [1.29, 1.82) is 0 Å². The fourth-order valence-electron chi connectivity index (χ4n) is 2.50. The van der Waals surface area contributed by atoms with Gasteiger partial charge in [0.05, 0.1) is 22.4 Å². The van der Waals surface area contributed by atoms with E-state index in [1.54, 1.807) is 18.2 Å². The van der Waals surface area contributed by atoms with Crippen molar-refractivity contribution in [1.82, 2.24) is 5.32 Å². The van der Waals surface area contributed by atoms with E-state index in [-0.39, 0.29) is 18.2 Å². The van der Waals surface area contributed by atoms with Crippen LogP contribution in [0.5, 0.6) is 0 Å². The summed E-state index contributed by atoms with van der Waals surface area (Å²) >= 11 is 0. The second kappa shape index (κ2) is 5.93. The monoisotopic (exact) mass is 311 g/mol. The molecule has 1 aromatic carbocycles. The maximum absolute atomic E-state index is 12.1. The van der Waals surface area contributed by atoms with Crippen LogP contribution in [0.2, 0.25) is 0 Å². The Bertz CT molecular complexity index is 641. The first kappa shape index (κ1) is 15.6. The van der Waals surface area contributed by atoms with Crippen molar-refractivity contribution < 1.29 is 13.2 Å². The van der Waals surface area contributed by atoms with Crippen molar-refractivity contribution in [3.63, 3.8) is 0 Å². The van der Waals surface area contributed by atoms with Gasteiger partial charge in [-0.2, -0.15) is 0 Å². The molecular formula is C14H21N3O3S. The quantitative estimate of drug-likeness (QED) is 0.796. The number of anilines is 2. The lowest BCUT2D eigenvalue weighted by Gasteiger charge is -2.16. The number of amides is 1. The van der Waals surface area contributed by atoms with E-state index in [2.05, 4.69) is 5.32 Å². The van der Waals surface area contributed by atoms with E-state index in [4.69, 9.17) is 5.73 Å². The molecule has 6 nitrogen and oxygen atoms in total. The van der Waals surface area contributed by atoms with E-state index < -0.39 is 15.1 Å². The second-order valence-corrected chi connectivity index (χ2v) is 7.91. The minimum atomic E-state index is -3.04. The standard InChI is InChI=1S/C14H21N3O3S/c1-17(2)13-6-5-10(8-12(13)15)14(18)16-9-11-4-3-7-21(11,19)20/h5-6,8,11H,3-4,7,9,15H2,1-2H3,(H,16,18). The molecule has 0 aliphatic carbocycles. The van der Waals surface area contributed by atoms with Gasteiger partial charge in [-0.3, -0.25) is 4.79 Å². The number of hydrogen-bond donors (Lipinski definition) is 2. The first-order valence-corrected chi connectivity index (χ1v) is 8.59. The van der Waals surface area contributed by atoms with Gasteiger partial charge >= 0.3 is 0 Å².